The van der Waals surface area contributed by atoms with Gasteiger partial charge in [-0.25, -0.2) is 0 Å². The van der Waals surface area contributed by atoms with E-state index in [1.54, 1.807) is 42.5 Å². The summed E-state index contributed by atoms with van der Waals surface area (Å²) >= 11 is 11.0. The fourth-order valence-electron chi connectivity index (χ4n) is 2.54. The second-order valence-corrected chi connectivity index (χ2v) is 6.45. The van der Waals surface area contributed by atoms with Crippen LogP contribution in [0.3, 0.4) is 0 Å². The number of nitrogens with one attached hydrogen (secondary N) is 1. The van der Waals surface area contributed by atoms with E-state index in [-0.39, 0.29) is 16.4 Å². The maximum atomic E-state index is 12.8. The molecular weight excluding hydrogens is 402 g/mol. The zero-order valence-electron chi connectivity index (χ0n) is 14.2. The van der Waals surface area contributed by atoms with Gasteiger partial charge in [0.1, 0.15) is 5.57 Å². The Morgan fingerprint density at radius 2 is 1.79 bits per heavy atom. The zero-order chi connectivity index (χ0) is 20.3. The average Bonchev–Trinajstić information content (AvgIpc) is 2.66. The van der Waals surface area contributed by atoms with Gasteiger partial charge in [-0.05, 0) is 54.7 Å². The van der Waals surface area contributed by atoms with Crippen LogP contribution in [0, 0.1) is 10.1 Å². The van der Waals surface area contributed by atoms with Gasteiger partial charge in [-0.3, -0.25) is 29.9 Å². The van der Waals surface area contributed by atoms with Crippen molar-refractivity contribution in [1.29, 1.82) is 0 Å². The van der Waals surface area contributed by atoms with Crippen molar-refractivity contribution in [1.82, 2.24) is 5.32 Å². The Kier molecular flexibility index (Phi) is 5.62. The number of anilines is 1. The molecule has 0 atom stereocenters. The summed E-state index contributed by atoms with van der Waals surface area (Å²) in [6, 6.07) is 12.5. The van der Waals surface area contributed by atoms with Crippen LogP contribution < -0.4 is 10.2 Å². The lowest BCUT2D eigenvalue weighted by Crippen LogP contribution is -2.54. The molecule has 1 aliphatic rings. The number of hydrogen-bond acceptors (Lipinski definition) is 5. The van der Waals surface area contributed by atoms with Gasteiger partial charge in [0.2, 0.25) is 0 Å². The Morgan fingerprint density at radius 1 is 1.11 bits per heavy atom. The first-order valence-corrected chi connectivity index (χ1v) is 8.74. The monoisotopic (exact) mass is 413 g/mol. The molecule has 140 valence electrons. The van der Waals surface area contributed by atoms with Crippen molar-refractivity contribution in [2.24, 2.45) is 0 Å². The lowest BCUT2D eigenvalue weighted by Gasteiger charge is -2.28. The molecule has 0 bridgehead atoms. The number of para-hydroxylation sites is 1. The lowest BCUT2D eigenvalue weighted by molar-refractivity contribution is -0.385. The van der Waals surface area contributed by atoms with Crippen molar-refractivity contribution in [2.75, 3.05) is 4.90 Å². The predicted molar refractivity (Wildman–Crippen MR) is 110 cm³/mol. The van der Waals surface area contributed by atoms with Gasteiger partial charge in [-0.15, -0.1) is 0 Å². The third-order valence-electron chi connectivity index (χ3n) is 3.86. The molecule has 2 aromatic rings. The first kappa shape index (κ1) is 19.4. The Labute approximate surface area is 170 Å². The summed E-state index contributed by atoms with van der Waals surface area (Å²) in [6.07, 6.45) is 4.15. The highest BCUT2D eigenvalue weighted by atomic mass is 35.5. The molecule has 0 saturated carbocycles. The summed E-state index contributed by atoms with van der Waals surface area (Å²) in [4.78, 5) is 36.7. The van der Waals surface area contributed by atoms with E-state index in [2.05, 4.69) is 5.32 Å². The molecule has 0 aromatic heterocycles. The van der Waals surface area contributed by atoms with Crippen LogP contribution in [-0.2, 0) is 9.59 Å². The fourth-order valence-corrected chi connectivity index (χ4v) is 2.95. The van der Waals surface area contributed by atoms with Crippen LogP contribution in [0.5, 0.6) is 0 Å². The van der Waals surface area contributed by atoms with Crippen LogP contribution in [0.2, 0.25) is 5.02 Å². The van der Waals surface area contributed by atoms with Crippen molar-refractivity contribution in [3.8, 4) is 0 Å². The van der Waals surface area contributed by atoms with E-state index in [1.807, 2.05) is 0 Å². The van der Waals surface area contributed by atoms with Crippen molar-refractivity contribution >= 4 is 58.2 Å². The van der Waals surface area contributed by atoms with E-state index >= 15 is 0 Å². The topological polar surface area (TPSA) is 92.6 Å². The largest absolute Gasteiger partial charge is 0.298 e. The van der Waals surface area contributed by atoms with Gasteiger partial charge in [-0.1, -0.05) is 29.8 Å². The molecule has 0 spiro atoms. The summed E-state index contributed by atoms with van der Waals surface area (Å²) in [5.74, 6) is -1.25. The SMILES string of the molecule is O=C1NC(=S)N(c2ccc(Cl)cc2)C(=O)C1=CC=Cc1ccccc1[N+](=O)[O-]. The Bertz CT molecular complexity index is 1050. The zero-order valence-corrected chi connectivity index (χ0v) is 15.7. The van der Waals surface area contributed by atoms with Gasteiger partial charge in [0.25, 0.3) is 17.5 Å². The standard InChI is InChI=1S/C19H12ClN3O4S/c20-13-8-10-14(11-9-13)22-18(25)15(17(24)21-19(22)28)6-3-5-12-4-1-2-7-16(12)23(26)27/h1-11H,(H,21,24,28). The number of halogens is 1. The summed E-state index contributed by atoms with van der Waals surface area (Å²) in [5.41, 5.74) is 0.560. The van der Waals surface area contributed by atoms with Gasteiger partial charge >= 0.3 is 0 Å². The molecule has 2 amide bonds. The second-order valence-electron chi connectivity index (χ2n) is 5.63. The lowest BCUT2D eigenvalue weighted by atomic mass is 10.1. The maximum Gasteiger partial charge on any atom is 0.276 e. The quantitative estimate of drug-likeness (QED) is 0.271. The van der Waals surface area contributed by atoms with Crippen LogP contribution >= 0.6 is 23.8 Å². The molecule has 1 heterocycles. The number of benzene rings is 2. The number of nitro benzene ring substituents is 1. The van der Waals surface area contributed by atoms with Crippen molar-refractivity contribution < 1.29 is 14.5 Å². The van der Waals surface area contributed by atoms with Gasteiger partial charge in [0.05, 0.1) is 16.2 Å². The minimum atomic E-state index is -0.646. The number of carbonyl (C=O) groups is 2. The van der Waals surface area contributed by atoms with E-state index in [0.29, 0.717) is 16.3 Å². The van der Waals surface area contributed by atoms with Crippen LogP contribution in [0.25, 0.3) is 6.08 Å². The van der Waals surface area contributed by atoms with E-state index in [9.17, 15) is 19.7 Å². The van der Waals surface area contributed by atoms with Crippen LogP contribution in [0.1, 0.15) is 5.56 Å². The molecule has 0 aliphatic carbocycles. The molecule has 7 nitrogen and oxygen atoms in total. The molecule has 1 aliphatic heterocycles. The Morgan fingerprint density at radius 3 is 2.46 bits per heavy atom. The van der Waals surface area contributed by atoms with E-state index < -0.39 is 16.7 Å². The molecule has 1 saturated heterocycles. The fraction of sp³-hybridized carbons (Fsp3) is 0. The smallest absolute Gasteiger partial charge is 0.276 e. The number of amides is 2. The first-order valence-electron chi connectivity index (χ1n) is 7.95. The van der Waals surface area contributed by atoms with Crippen molar-refractivity contribution in [3.05, 3.63) is 87.0 Å². The molecule has 1 fully saturated rings. The summed E-state index contributed by atoms with van der Waals surface area (Å²) in [6.45, 7) is 0. The first-order chi connectivity index (χ1) is 13.4. The molecule has 0 radical (unpaired) electrons. The number of allylic oxidation sites excluding steroid dienone is 2. The molecule has 1 N–H and O–H groups in total. The number of nitro groups is 1. The molecule has 9 heteroatoms. The number of rotatable bonds is 4. The minimum absolute atomic E-state index is 0.0443. The highest BCUT2D eigenvalue weighted by Gasteiger charge is 2.34. The van der Waals surface area contributed by atoms with E-state index in [0.717, 1.165) is 0 Å². The number of hydrogen-bond donors (Lipinski definition) is 1. The van der Waals surface area contributed by atoms with E-state index in [1.165, 1.54) is 29.2 Å². The Hall–Kier alpha value is -3.36. The highest BCUT2D eigenvalue weighted by molar-refractivity contribution is 7.80. The maximum absolute atomic E-state index is 12.8. The van der Waals surface area contributed by atoms with Crippen molar-refractivity contribution in [2.45, 2.75) is 0 Å². The van der Waals surface area contributed by atoms with Crippen LogP contribution in [0.15, 0.2) is 66.3 Å². The molecule has 28 heavy (non-hydrogen) atoms. The second kappa shape index (κ2) is 8.12. The third-order valence-corrected chi connectivity index (χ3v) is 4.40. The molecular formula is C19H12ClN3O4S. The summed E-state index contributed by atoms with van der Waals surface area (Å²) in [7, 11) is 0. The highest BCUT2D eigenvalue weighted by Crippen LogP contribution is 2.23. The normalized spacial score (nSPS) is 16.0. The predicted octanol–water partition coefficient (Wildman–Crippen LogP) is 3.64. The molecule has 0 unspecified atom stereocenters. The van der Waals surface area contributed by atoms with E-state index in [4.69, 9.17) is 23.8 Å². The summed E-state index contributed by atoms with van der Waals surface area (Å²) < 4.78 is 0. The minimum Gasteiger partial charge on any atom is -0.298 e. The summed E-state index contributed by atoms with van der Waals surface area (Å²) in [5, 5.41) is 14.0. The molecule has 3 rings (SSSR count). The third kappa shape index (κ3) is 3.98. The van der Waals surface area contributed by atoms with Gasteiger partial charge in [0, 0.05) is 11.1 Å². The number of nitrogens with zero attached hydrogens (tertiary/aromatic N) is 2. The number of thiocarbonyl (C=S) groups is 1. The molecule has 2 aromatic carbocycles. The number of carbonyl (C=O) groups excluding carboxylic acids is 2. The van der Waals surface area contributed by atoms with Gasteiger partial charge in [-0.2, -0.15) is 0 Å². The van der Waals surface area contributed by atoms with Gasteiger partial charge < -0.3 is 0 Å². The Balaban J connectivity index is 1.91. The van der Waals surface area contributed by atoms with Crippen LogP contribution in [0.4, 0.5) is 11.4 Å². The average molecular weight is 414 g/mol. The van der Waals surface area contributed by atoms with Crippen LogP contribution in [-0.4, -0.2) is 21.9 Å². The van der Waals surface area contributed by atoms with Crippen molar-refractivity contribution in [3.63, 3.8) is 0 Å². The van der Waals surface area contributed by atoms with Gasteiger partial charge in [0.15, 0.2) is 5.11 Å².